The van der Waals surface area contributed by atoms with Gasteiger partial charge in [0.25, 0.3) is 0 Å². The summed E-state index contributed by atoms with van der Waals surface area (Å²) in [5.74, 6) is 6.79. The predicted octanol–water partition coefficient (Wildman–Crippen LogP) is 14.0. The molecule has 8 bridgehead atoms. The van der Waals surface area contributed by atoms with Gasteiger partial charge in [0.2, 0.25) is 0 Å². The van der Waals surface area contributed by atoms with Gasteiger partial charge in [-0.25, -0.2) is 29.9 Å². The number of nitrogens with one attached hydrogen (secondary N) is 2. The Kier molecular flexibility index (Phi) is 24.3. The average Bonchev–Trinajstić information content (AvgIpc) is 2.60. The molecule has 17 rings (SSSR count). The molecule has 8 saturated carbocycles. The molecule has 12 heteroatoms. The van der Waals surface area contributed by atoms with Gasteiger partial charge in [-0.1, -0.05) is 48.5 Å². The molecule has 0 spiro atoms. The molecule has 10 aliphatic rings. The molecule has 410 valence electrons. The van der Waals surface area contributed by atoms with Gasteiger partial charge < -0.3 is 9.97 Å². The van der Waals surface area contributed by atoms with Crippen LogP contribution in [0.1, 0.15) is 22.3 Å². The van der Waals surface area contributed by atoms with Crippen molar-refractivity contribution in [1.82, 2.24) is 39.9 Å². The van der Waals surface area contributed by atoms with Crippen molar-refractivity contribution in [2.75, 3.05) is 0 Å². The quantitative estimate of drug-likeness (QED) is 0.170. The van der Waals surface area contributed by atoms with Crippen molar-refractivity contribution in [2.24, 2.45) is 0 Å². The molecular formula is C72H50Fe4N8. The predicted molar refractivity (Wildman–Crippen MR) is 320 cm³/mol. The van der Waals surface area contributed by atoms with Gasteiger partial charge in [-0.2, -0.15) is 0 Å². The van der Waals surface area contributed by atoms with E-state index in [-0.39, 0.29) is 68.3 Å². The van der Waals surface area contributed by atoms with Gasteiger partial charge in [0.05, 0.1) is 0 Å². The van der Waals surface area contributed by atoms with Crippen molar-refractivity contribution in [3.63, 3.8) is 0 Å². The zero-order chi connectivity index (χ0) is 53.5. The largest absolute Gasteiger partial charge is 0.324 e. The summed E-state index contributed by atoms with van der Waals surface area (Å²) in [4.78, 5) is 38.9. The number of hydrogen-bond acceptors (Lipinski definition) is 6. The van der Waals surface area contributed by atoms with E-state index in [1.54, 1.807) is 0 Å². The SMILES string of the molecule is [CH]1[CH][CH][CH][CH]1.[CH]1[CH][CH][CH][CH]1.[CH]1[CH][CH][CH][CH]1.[CH]1[CH][CH][CH][CH]1.[CH]1[CH][CH][C](c2ccc3c(c2)-c2nc-3nc3[nH]c(nc4nc(nc5[nH]c(n2)c2ccc([C]6[CH][CH][CH][CH]6)cc52)-c2cc([C]5[CH][CH][CH][CH]5)ccc2-4)c2cc([C]4[CH][CH][CH][CH]4)ccc32)[CH]1.[Fe].[Fe].[Fe].[Fe]. The Labute approximate surface area is 543 Å². The fraction of sp³-hybridized carbons (Fsp3) is 0. The summed E-state index contributed by atoms with van der Waals surface area (Å²) in [6.45, 7) is 0. The number of H-pyrrole nitrogens is 2. The third-order valence-corrected chi connectivity index (χ3v) is 14.0. The van der Waals surface area contributed by atoms with Gasteiger partial charge in [-0.05, 0) is 278 Å². The van der Waals surface area contributed by atoms with Crippen molar-refractivity contribution < 1.29 is 68.3 Å². The van der Waals surface area contributed by atoms with Gasteiger partial charge in [-0.3, -0.25) is 0 Å². The van der Waals surface area contributed by atoms with Crippen LogP contribution in [0.15, 0.2) is 72.8 Å². The van der Waals surface area contributed by atoms with Crippen LogP contribution < -0.4 is 0 Å². The smallest absolute Gasteiger partial charge is 0.164 e. The van der Waals surface area contributed by atoms with Crippen LogP contribution in [0.25, 0.3) is 89.7 Å². The summed E-state index contributed by atoms with van der Waals surface area (Å²) < 4.78 is 0. The Balaban J connectivity index is 0.000000299. The normalized spacial score (nSPS) is 19.0. The van der Waals surface area contributed by atoms with Crippen LogP contribution in [0.5, 0.6) is 0 Å². The molecular weight excluding hydrogens is 1200 g/mol. The molecule has 8 fully saturated rings. The first-order valence-corrected chi connectivity index (χ1v) is 26.6. The van der Waals surface area contributed by atoms with Crippen LogP contribution >= 0.6 is 0 Å². The van der Waals surface area contributed by atoms with Crippen molar-refractivity contribution >= 4 is 44.1 Å². The summed E-state index contributed by atoms with van der Waals surface area (Å²) in [5, 5.41) is 3.71. The Morgan fingerprint density at radius 2 is 0.429 bits per heavy atom. The molecule has 84 heavy (non-hydrogen) atoms. The van der Waals surface area contributed by atoms with Gasteiger partial charge in [-0.15, -0.1) is 0 Å². The van der Waals surface area contributed by atoms with Crippen LogP contribution in [0.3, 0.4) is 0 Å². The second-order valence-corrected chi connectivity index (χ2v) is 19.2. The molecule has 7 aromatic rings. The third-order valence-electron chi connectivity index (χ3n) is 14.0. The van der Waals surface area contributed by atoms with Gasteiger partial charge in [0, 0.05) is 136 Å². The Morgan fingerprint density at radius 1 is 0.202 bits per heavy atom. The zero-order valence-corrected chi connectivity index (χ0v) is 49.2. The fourth-order valence-electron chi connectivity index (χ4n) is 10.1. The standard InChI is InChI=1S/C52H30N8.4C5H5.4Fe/c1-2-10-29(9-1)33-17-21-37-41(25-33)49-54-45(37)53-46-38-22-18-34(30-11-3-4-12-30)26-42(38)50(55-46)57-48-40-24-20-36(32-15-7-8-16-32)28-44(40)52(59-48)60-51-43-27-35(31-13-5-6-14-31)19-23-39(43)47(56-49)58-51;4*1-2-4-5-3-1;;;;/h1-28H,(H2,53,54,55,56,57,58,59,60);4*1-5H;;;;. The minimum atomic E-state index is 0. The van der Waals surface area contributed by atoms with Crippen molar-refractivity contribution in [1.29, 1.82) is 0 Å². The van der Waals surface area contributed by atoms with E-state index in [1.807, 2.05) is 128 Å². The molecule has 0 amide bonds. The van der Waals surface area contributed by atoms with Crippen LogP contribution in [0.4, 0.5) is 0 Å². The van der Waals surface area contributed by atoms with Gasteiger partial charge >= 0.3 is 0 Å². The van der Waals surface area contributed by atoms with Crippen LogP contribution in [0.2, 0.25) is 0 Å². The molecule has 2 aliphatic heterocycles. The van der Waals surface area contributed by atoms with Crippen molar-refractivity contribution in [2.45, 2.75) is 0 Å². The minimum absolute atomic E-state index is 0. The van der Waals surface area contributed by atoms with Crippen molar-refractivity contribution in [3.8, 4) is 45.6 Å². The van der Waals surface area contributed by atoms with E-state index in [2.05, 4.69) is 185 Å². The fourth-order valence-corrected chi connectivity index (χ4v) is 10.1. The molecule has 0 unspecified atom stereocenters. The van der Waals surface area contributed by atoms with Crippen LogP contribution in [-0.4, -0.2) is 39.9 Å². The number of aromatic nitrogens is 8. The van der Waals surface area contributed by atoms with E-state index >= 15 is 0 Å². The topological polar surface area (TPSA) is 109 Å². The summed E-state index contributed by atoms with van der Waals surface area (Å²) in [5.41, 5.74) is 10.5. The number of benzene rings is 4. The van der Waals surface area contributed by atoms with E-state index in [1.165, 1.54) is 0 Å². The molecule has 40 radical (unpaired) electrons. The molecule has 4 aromatic carbocycles. The summed E-state index contributed by atoms with van der Waals surface area (Å²) in [6, 6.07) is 25.7. The first kappa shape index (κ1) is 64.8. The number of aromatic amines is 2. The monoisotopic (exact) mass is 1250 g/mol. The second kappa shape index (κ2) is 31.5. The summed E-state index contributed by atoms with van der Waals surface area (Å²) in [6.07, 6.45) is 73.4. The summed E-state index contributed by atoms with van der Waals surface area (Å²) >= 11 is 0. The average molecular weight is 1250 g/mol. The summed E-state index contributed by atoms with van der Waals surface area (Å²) in [7, 11) is 0. The molecule has 8 nitrogen and oxygen atoms in total. The van der Waals surface area contributed by atoms with Gasteiger partial charge in [0.15, 0.2) is 23.3 Å². The maximum absolute atomic E-state index is 5.36. The van der Waals surface area contributed by atoms with Gasteiger partial charge in [0.1, 0.15) is 22.6 Å². The van der Waals surface area contributed by atoms with E-state index in [0.29, 0.717) is 45.9 Å². The number of nitrogens with zero attached hydrogens (tertiary/aromatic N) is 6. The number of hydrogen-bond donors (Lipinski definition) is 2. The van der Waals surface area contributed by atoms with Crippen LogP contribution in [0, 0.1) is 255 Å². The Hall–Kier alpha value is -3.68. The molecule has 2 N–H and O–H groups in total. The number of rotatable bonds is 4. The first-order valence-electron chi connectivity index (χ1n) is 26.6. The molecule has 0 saturated heterocycles. The molecule has 5 heterocycles. The van der Waals surface area contributed by atoms with E-state index in [0.717, 1.165) is 89.7 Å². The molecule has 3 aromatic heterocycles. The Bertz CT molecular complexity index is 3350. The van der Waals surface area contributed by atoms with E-state index < -0.39 is 0 Å². The van der Waals surface area contributed by atoms with E-state index in [9.17, 15) is 0 Å². The first-order chi connectivity index (χ1) is 39.7. The Morgan fingerprint density at radius 3 is 0.702 bits per heavy atom. The maximum atomic E-state index is 5.36. The second-order valence-electron chi connectivity index (χ2n) is 19.2. The van der Waals surface area contributed by atoms with Crippen molar-refractivity contribution in [3.05, 3.63) is 350 Å². The zero-order valence-electron chi connectivity index (χ0n) is 44.8. The third kappa shape index (κ3) is 15.1. The maximum Gasteiger partial charge on any atom is 0.164 e. The number of fused-ring (bicyclic) bond motifs is 20. The van der Waals surface area contributed by atoms with E-state index in [4.69, 9.17) is 29.9 Å². The molecule has 0 atom stereocenters. The minimum Gasteiger partial charge on any atom is -0.324 e. The van der Waals surface area contributed by atoms with Crippen LogP contribution in [-0.2, 0) is 68.3 Å². The molecule has 8 aliphatic carbocycles.